The fraction of sp³-hybridized carbons (Fsp3) is 0.892. The number of unbranched alkanes of at least 4 members (excludes halogenated alkanes) is 20. The zero-order valence-electron chi connectivity index (χ0n) is 27.9. The van der Waals surface area contributed by atoms with Gasteiger partial charge in [0.15, 0.2) is 0 Å². The van der Waals surface area contributed by atoms with Crippen LogP contribution >= 0.6 is 0 Å². The molecule has 0 spiro atoms. The molecule has 1 unspecified atom stereocenters. The summed E-state index contributed by atoms with van der Waals surface area (Å²) in [5.74, 6) is 0. The van der Waals surface area contributed by atoms with Crippen molar-refractivity contribution < 1.29 is 9.47 Å². The highest BCUT2D eigenvalue weighted by Gasteiger charge is 2.10. The van der Waals surface area contributed by atoms with Gasteiger partial charge in [-0.25, -0.2) is 0 Å². The summed E-state index contributed by atoms with van der Waals surface area (Å²) < 4.78 is 12.2. The van der Waals surface area contributed by atoms with E-state index in [1.54, 1.807) is 0 Å². The van der Waals surface area contributed by atoms with Crippen LogP contribution in [0.4, 0.5) is 0 Å². The van der Waals surface area contributed by atoms with Crippen molar-refractivity contribution in [3.8, 4) is 0 Å². The van der Waals surface area contributed by atoms with Crippen molar-refractivity contribution >= 4 is 0 Å². The van der Waals surface area contributed by atoms with Gasteiger partial charge in [-0.2, -0.15) is 0 Å². The Labute approximate surface area is 252 Å². The molecule has 0 bridgehead atoms. The Bertz CT molecular complexity index is 516. The molecule has 0 aliphatic rings. The molecule has 0 aliphatic carbocycles. The fourth-order valence-electron chi connectivity index (χ4n) is 5.09. The van der Waals surface area contributed by atoms with E-state index in [2.05, 4.69) is 57.1 Å². The number of likely N-dealkylation sites (N-methyl/N-ethyl adjacent to an activating group) is 1. The molecular weight excluding hydrogens is 490 g/mol. The summed E-state index contributed by atoms with van der Waals surface area (Å²) in [6, 6.07) is 0. The first kappa shape index (κ1) is 39.4. The molecule has 0 rings (SSSR count). The Balaban J connectivity index is 3.52. The smallest absolute Gasteiger partial charge is 0.0934 e. The van der Waals surface area contributed by atoms with Crippen LogP contribution < -0.4 is 0 Å². The fourth-order valence-corrected chi connectivity index (χ4v) is 5.09. The second-order valence-electron chi connectivity index (χ2n) is 12.3. The predicted octanol–water partition coefficient (Wildman–Crippen LogP) is 11.5. The molecule has 0 saturated heterocycles. The van der Waals surface area contributed by atoms with Crippen molar-refractivity contribution in [2.75, 3.05) is 40.5 Å². The molecule has 0 radical (unpaired) electrons. The van der Waals surface area contributed by atoms with Gasteiger partial charge in [-0.05, 0) is 65.5 Å². The molecular formula is C37H73NO2. The average Bonchev–Trinajstić information content (AvgIpc) is 2.94. The summed E-state index contributed by atoms with van der Waals surface area (Å²) in [6.07, 6.45) is 41.7. The van der Waals surface area contributed by atoms with Gasteiger partial charge in [0.05, 0.1) is 12.7 Å². The van der Waals surface area contributed by atoms with Crippen molar-refractivity contribution in [1.29, 1.82) is 0 Å². The third-order valence-electron chi connectivity index (χ3n) is 7.68. The lowest BCUT2D eigenvalue weighted by molar-refractivity contribution is -0.0287. The number of hydrogen-bond acceptors (Lipinski definition) is 3. The summed E-state index contributed by atoms with van der Waals surface area (Å²) in [5, 5.41) is 0. The van der Waals surface area contributed by atoms with Gasteiger partial charge >= 0.3 is 0 Å². The number of rotatable bonds is 33. The molecule has 0 N–H and O–H groups in total. The number of ether oxygens (including phenoxy) is 2. The Morgan fingerprint density at radius 1 is 0.475 bits per heavy atom. The zero-order chi connectivity index (χ0) is 29.2. The quantitative estimate of drug-likeness (QED) is 0.0585. The second-order valence-corrected chi connectivity index (χ2v) is 12.3. The van der Waals surface area contributed by atoms with Gasteiger partial charge in [-0.3, -0.25) is 0 Å². The first-order valence-electron chi connectivity index (χ1n) is 17.8. The van der Waals surface area contributed by atoms with Crippen LogP contribution in [0.2, 0.25) is 0 Å². The first-order valence-corrected chi connectivity index (χ1v) is 17.8. The van der Waals surface area contributed by atoms with E-state index < -0.39 is 0 Å². The van der Waals surface area contributed by atoms with Crippen molar-refractivity contribution in [1.82, 2.24) is 4.90 Å². The maximum Gasteiger partial charge on any atom is 0.0934 e. The molecule has 0 aromatic carbocycles. The van der Waals surface area contributed by atoms with Crippen LogP contribution in [-0.4, -0.2) is 51.5 Å². The monoisotopic (exact) mass is 564 g/mol. The molecule has 3 heteroatoms. The van der Waals surface area contributed by atoms with Gasteiger partial charge in [0.25, 0.3) is 0 Å². The first-order chi connectivity index (χ1) is 19.7. The topological polar surface area (TPSA) is 21.7 Å². The summed E-state index contributed by atoms with van der Waals surface area (Å²) in [7, 11) is 4.26. The minimum absolute atomic E-state index is 0.201. The van der Waals surface area contributed by atoms with E-state index in [4.69, 9.17) is 9.47 Å². The van der Waals surface area contributed by atoms with Crippen molar-refractivity contribution in [2.24, 2.45) is 0 Å². The molecule has 0 amide bonds. The molecule has 40 heavy (non-hydrogen) atoms. The number of allylic oxidation sites excluding steroid dienone is 4. The van der Waals surface area contributed by atoms with E-state index in [9.17, 15) is 0 Å². The average molecular weight is 564 g/mol. The Morgan fingerprint density at radius 3 is 1.27 bits per heavy atom. The lowest BCUT2D eigenvalue weighted by atomic mass is 10.1. The minimum Gasteiger partial charge on any atom is -0.379 e. The standard InChI is InChI=1S/C37H73NO2/c1-5-7-9-11-13-15-17-19-21-23-25-27-29-31-33-39-36-37(35-38(3)4)40-34-32-30-28-26-24-22-20-18-16-14-12-10-8-6-2/h11-14,37H,5-10,15-36H2,1-4H3/b13-11-,14-12-. The Kier molecular flexibility index (Phi) is 34.0. The van der Waals surface area contributed by atoms with Crippen LogP contribution in [0.25, 0.3) is 0 Å². The van der Waals surface area contributed by atoms with Crippen LogP contribution in [-0.2, 0) is 9.47 Å². The molecule has 238 valence electrons. The summed E-state index contributed by atoms with van der Waals surface area (Å²) >= 11 is 0. The molecule has 0 fully saturated rings. The van der Waals surface area contributed by atoms with Gasteiger partial charge in [0.2, 0.25) is 0 Å². The molecule has 0 heterocycles. The number of hydrogen-bond donors (Lipinski definition) is 0. The van der Waals surface area contributed by atoms with Crippen molar-refractivity contribution in [3.63, 3.8) is 0 Å². The van der Waals surface area contributed by atoms with Crippen LogP contribution in [0, 0.1) is 0 Å². The van der Waals surface area contributed by atoms with Gasteiger partial charge in [-0.15, -0.1) is 0 Å². The van der Waals surface area contributed by atoms with Gasteiger partial charge in [-0.1, -0.05) is 141 Å². The van der Waals surface area contributed by atoms with E-state index in [-0.39, 0.29) is 6.10 Å². The molecule has 3 nitrogen and oxygen atoms in total. The molecule has 0 aliphatic heterocycles. The maximum absolute atomic E-state index is 6.21. The maximum atomic E-state index is 6.21. The third kappa shape index (κ3) is 33.6. The van der Waals surface area contributed by atoms with Crippen LogP contribution in [0.15, 0.2) is 24.3 Å². The molecule has 0 saturated carbocycles. The molecule has 0 aromatic heterocycles. The normalized spacial score (nSPS) is 12.9. The second kappa shape index (κ2) is 34.6. The lowest BCUT2D eigenvalue weighted by Gasteiger charge is -2.21. The Hall–Kier alpha value is -0.640. The van der Waals surface area contributed by atoms with Gasteiger partial charge in [0, 0.05) is 19.8 Å². The number of nitrogens with zero attached hydrogens (tertiary/aromatic N) is 1. The van der Waals surface area contributed by atoms with Crippen LogP contribution in [0.5, 0.6) is 0 Å². The van der Waals surface area contributed by atoms with E-state index in [1.165, 1.54) is 154 Å². The van der Waals surface area contributed by atoms with Crippen LogP contribution in [0.1, 0.15) is 168 Å². The summed E-state index contributed by atoms with van der Waals surface area (Å²) in [6.45, 7) is 7.97. The molecule has 1 atom stereocenters. The Morgan fingerprint density at radius 2 is 0.850 bits per heavy atom. The van der Waals surface area contributed by atoms with E-state index in [0.29, 0.717) is 0 Å². The zero-order valence-corrected chi connectivity index (χ0v) is 27.9. The van der Waals surface area contributed by atoms with Crippen molar-refractivity contribution in [2.45, 2.75) is 174 Å². The third-order valence-corrected chi connectivity index (χ3v) is 7.68. The van der Waals surface area contributed by atoms with E-state index >= 15 is 0 Å². The molecule has 0 aromatic rings. The van der Waals surface area contributed by atoms with E-state index in [0.717, 1.165) is 26.4 Å². The highest BCUT2D eigenvalue weighted by molar-refractivity contribution is 4.81. The SMILES string of the molecule is CCCC/C=C\CCCCCCCCCCOCC(CN(C)C)OCCCCCCCCCC/C=C\CCCC. The van der Waals surface area contributed by atoms with E-state index in [1.807, 2.05) is 0 Å². The highest BCUT2D eigenvalue weighted by Crippen LogP contribution is 2.12. The van der Waals surface area contributed by atoms with Gasteiger partial charge < -0.3 is 14.4 Å². The van der Waals surface area contributed by atoms with Crippen molar-refractivity contribution in [3.05, 3.63) is 24.3 Å². The summed E-state index contributed by atoms with van der Waals surface area (Å²) in [4.78, 5) is 2.22. The van der Waals surface area contributed by atoms with Gasteiger partial charge in [0.1, 0.15) is 0 Å². The van der Waals surface area contributed by atoms with Crippen LogP contribution in [0.3, 0.4) is 0 Å². The summed E-state index contributed by atoms with van der Waals surface area (Å²) in [5.41, 5.74) is 0. The lowest BCUT2D eigenvalue weighted by Crippen LogP contribution is -2.32. The predicted molar refractivity (Wildman–Crippen MR) is 180 cm³/mol. The highest BCUT2D eigenvalue weighted by atomic mass is 16.5. The minimum atomic E-state index is 0.201. The largest absolute Gasteiger partial charge is 0.379 e.